The molecule has 3 aromatic rings. The van der Waals surface area contributed by atoms with E-state index in [0.717, 1.165) is 11.1 Å². The van der Waals surface area contributed by atoms with E-state index in [0.29, 0.717) is 23.3 Å². The Morgan fingerprint density at radius 1 is 1.21 bits per heavy atom. The van der Waals surface area contributed by atoms with Crippen LogP contribution in [0.4, 0.5) is 0 Å². The van der Waals surface area contributed by atoms with Crippen molar-refractivity contribution < 1.29 is 9.53 Å². The number of nitrogens with zero attached hydrogens (tertiary/aromatic N) is 3. The van der Waals surface area contributed by atoms with Gasteiger partial charge in [0.2, 0.25) is 5.91 Å². The minimum Gasteiger partial charge on any atom is -0.372 e. The summed E-state index contributed by atoms with van der Waals surface area (Å²) in [4.78, 5) is 32.9. The lowest BCUT2D eigenvalue weighted by Crippen LogP contribution is -2.49. The number of rotatable bonds is 3. The van der Waals surface area contributed by atoms with Crippen LogP contribution in [0.1, 0.15) is 25.0 Å². The molecule has 1 amide bonds. The molecular formula is C22H25N3O3S. The molecule has 0 bridgehead atoms. The Morgan fingerprint density at radius 2 is 1.93 bits per heavy atom. The highest BCUT2D eigenvalue weighted by molar-refractivity contribution is 7.17. The molecule has 152 valence electrons. The van der Waals surface area contributed by atoms with E-state index in [1.807, 2.05) is 25.3 Å². The fourth-order valence-corrected chi connectivity index (χ4v) is 4.74. The van der Waals surface area contributed by atoms with Gasteiger partial charge in [0.05, 0.1) is 23.9 Å². The third-order valence-electron chi connectivity index (χ3n) is 5.46. The van der Waals surface area contributed by atoms with Crippen LogP contribution in [0.25, 0.3) is 21.3 Å². The first kappa shape index (κ1) is 19.8. The predicted octanol–water partition coefficient (Wildman–Crippen LogP) is 3.38. The van der Waals surface area contributed by atoms with Crippen molar-refractivity contribution in [2.45, 2.75) is 46.4 Å². The monoisotopic (exact) mass is 411 g/mol. The number of amides is 1. The Kier molecular flexibility index (Phi) is 5.27. The van der Waals surface area contributed by atoms with Crippen molar-refractivity contribution in [1.82, 2.24) is 14.5 Å². The van der Waals surface area contributed by atoms with E-state index >= 15 is 0 Å². The van der Waals surface area contributed by atoms with E-state index in [9.17, 15) is 9.59 Å². The molecular weight excluding hydrogens is 386 g/mol. The number of benzene rings is 1. The van der Waals surface area contributed by atoms with Gasteiger partial charge in [0.25, 0.3) is 5.56 Å². The van der Waals surface area contributed by atoms with Crippen LogP contribution in [-0.4, -0.2) is 45.7 Å². The Balaban J connectivity index is 1.68. The van der Waals surface area contributed by atoms with Gasteiger partial charge in [-0.2, -0.15) is 0 Å². The average Bonchev–Trinajstić information content (AvgIpc) is 3.10. The normalized spacial score (nSPS) is 19.7. The third-order valence-corrected chi connectivity index (χ3v) is 6.34. The van der Waals surface area contributed by atoms with Crippen molar-refractivity contribution in [3.63, 3.8) is 0 Å². The zero-order chi connectivity index (χ0) is 20.7. The van der Waals surface area contributed by atoms with E-state index in [1.54, 1.807) is 4.90 Å². The molecule has 6 nitrogen and oxygen atoms in total. The van der Waals surface area contributed by atoms with Crippen LogP contribution in [0.5, 0.6) is 0 Å². The molecule has 0 aliphatic carbocycles. The largest absolute Gasteiger partial charge is 0.372 e. The second kappa shape index (κ2) is 7.72. The van der Waals surface area contributed by atoms with Gasteiger partial charge in [-0.1, -0.05) is 18.2 Å². The summed E-state index contributed by atoms with van der Waals surface area (Å²) in [5.41, 5.74) is 4.09. The zero-order valence-electron chi connectivity index (χ0n) is 17.1. The molecule has 0 saturated carbocycles. The van der Waals surface area contributed by atoms with Gasteiger partial charge in [-0.25, -0.2) is 4.98 Å². The fraction of sp³-hybridized carbons (Fsp3) is 0.409. The number of fused-ring (bicyclic) bond motifs is 1. The highest BCUT2D eigenvalue weighted by atomic mass is 32.1. The summed E-state index contributed by atoms with van der Waals surface area (Å²) in [5.74, 6) is -0.0850. The molecule has 0 radical (unpaired) electrons. The second-order valence-electron chi connectivity index (χ2n) is 7.86. The Hall–Kier alpha value is -2.51. The summed E-state index contributed by atoms with van der Waals surface area (Å²) in [6, 6.07) is 6.19. The van der Waals surface area contributed by atoms with Gasteiger partial charge < -0.3 is 9.64 Å². The lowest BCUT2D eigenvalue weighted by molar-refractivity contribution is -0.143. The molecule has 2 atom stereocenters. The van der Waals surface area contributed by atoms with Crippen molar-refractivity contribution in [3.05, 3.63) is 51.4 Å². The van der Waals surface area contributed by atoms with Crippen molar-refractivity contribution in [3.8, 4) is 11.1 Å². The molecule has 1 aromatic carbocycles. The predicted molar refractivity (Wildman–Crippen MR) is 115 cm³/mol. The third kappa shape index (κ3) is 3.84. The van der Waals surface area contributed by atoms with Gasteiger partial charge >= 0.3 is 0 Å². The smallest absolute Gasteiger partial charge is 0.263 e. The van der Waals surface area contributed by atoms with E-state index in [4.69, 9.17) is 4.74 Å². The summed E-state index contributed by atoms with van der Waals surface area (Å²) < 4.78 is 7.12. The summed E-state index contributed by atoms with van der Waals surface area (Å²) in [6.45, 7) is 9.11. The average molecular weight is 412 g/mol. The Bertz CT molecular complexity index is 1120. The molecule has 0 spiro atoms. The Morgan fingerprint density at radius 3 is 2.62 bits per heavy atom. The standard InChI is InChI=1S/C22H25N3O3S/c1-13-5-6-17(7-14(13)2)18-11-29-21-20(18)22(27)25(12-23-21)10-19(26)24-8-15(3)28-16(4)9-24/h5-7,11-12,15-16H,8-10H2,1-4H3/t15-,16-/m0/s1. The van der Waals surface area contributed by atoms with Crippen molar-refractivity contribution in [2.75, 3.05) is 13.1 Å². The van der Waals surface area contributed by atoms with Gasteiger partial charge in [0.1, 0.15) is 11.4 Å². The number of aryl methyl sites for hydroxylation is 2. The molecule has 0 unspecified atom stereocenters. The van der Waals surface area contributed by atoms with E-state index in [2.05, 4.69) is 31.0 Å². The number of morpholine rings is 1. The summed E-state index contributed by atoms with van der Waals surface area (Å²) in [7, 11) is 0. The molecule has 1 saturated heterocycles. The van der Waals surface area contributed by atoms with Crippen LogP contribution in [0, 0.1) is 13.8 Å². The molecule has 0 N–H and O–H groups in total. The van der Waals surface area contributed by atoms with Crippen LogP contribution in [0.2, 0.25) is 0 Å². The van der Waals surface area contributed by atoms with Crippen molar-refractivity contribution >= 4 is 27.5 Å². The number of hydrogen-bond acceptors (Lipinski definition) is 5. The van der Waals surface area contributed by atoms with Crippen LogP contribution in [-0.2, 0) is 16.1 Å². The maximum absolute atomic E-state index is 13.2. The fourth-order valence-electron chi connectivity index (χ4n) is 3.83. The number of hydrogen-bond donors (Lipinski definition) is 0. The van der Waals surface area contributed by atoms with Crippen molar-refractivity contribution in [2.24, 2.45) is 0 Å². The van der Waals surface area contributed by atoms with Gasteiger partial charge in [0.15, 0.2) is 0 Å². The quantitative estimate of drug-likeness (QED) is 0.663. The molecule has 7 heteroatoms. The van der Waals surface area contributed by atoms with Gasteiger partial charge in [0, 0.05) is 24.0 Å². The Labute approximate surface area is 173 Å². The first-order valence-corrected chi connectivity index (χ1v) is 10.7. The lowest BCUT2D eigenvalue weighted by atomic mass is 10.0. The first-order chi connectivity index (χ1) is 13.8. The topological polar surface area (TPSA) is 64.4 Å². The number of thiophene rings is 1. The molecule has 1 aliphatic heterocycles. The maximum Gasteiger partial charge on any atom is 0.263 e. The first-order valence-electron chi connectivity index (χ1n) is 9.81. The van der Waals surface area contributed by atoms with Crippen LogP contribution in [0.3, 0.4) is 0 Å². The zero-order valence-corrected chi connectivity index (χ0v) is 18.0. The minimum absolute atomic E-state index is 0.00622. The van der Waals surface area contributed by atoms with Crippen LogP contribution < -0.4 is 5.56 Å². The number of carbonyl (C=O) groups excluding carboxylic acids is 1. The summed E-state index contributed by atoms with van der Waals surface area (Å²) >= 11 is 1.45. The van der Waals surface area contributed by atoms with E-state index in [-0.39, 0.29) is 30.2 Å². The lowest BCUT2D eigenvalue weighted by Gasteiger charge is -2.35. The second-order valence-corrected chi connectivity index (χ2v) is 8.72. The summed E-state index contributed by atoms with van der Waals surface area (Å²) in [5, 5.41) is 2.55. The number of aromatic nitrogens is 2. The minimum atomic E-state index is -0.174. The highest BCUT2D eigenvalue weighted by Crippen LogP contribution is 2.31. The van der Waals surface area contributed by atoms with Crippen LogP contribution in [0.15, 0.2) is 34.7 Å². The van der Waals surface area contributed by atoms with Gasteiger partial charge in [-0.15, -0.1) is 11.3 Å². The van der Waals surface area contributed by atoms with E-state index in [1.165, 1.54) is 33.4 Å². The van der Waals surface area contributed by atoms with E-state index < -0.39 is 0 Å². The number of ether oxygens (including phenoxy) is 1. The highest BCUT2D eigenvalue weighted by Gasteiger charge is 2.26. The summed E-state index contributed by atoms with van der Waals surface area (Å²) in [6.07, 6.45) is 1.47. The van der Waals surface area contributed by atoms with Crippen molar-refractivity contribution in [1.29, 1.82) is 0 Å². The molecule has 2 aromatic heterocycles. The number of carbonyl (C=O) groups is 1. The van der Waals surface area contributed by atoms with Gasteiger partial charge in [-0.05, 0) is 44.4 Å². The molecule has 1 fully saturated rings. The molecule has 1 aliphatic rings. The molecule has 4 rings (SSSR count). The maximum atomic E-state index is 13.2. The molecule has 3 heterocycles. The van der Waals surface area contributed by atoms with Crippen LogP contribution >= 0.6 is 11.3 Å². The van der Waals surface area contributed by atoms with Gasteiger partial charge in [-0.3, -0.25) is 14.2 Å². The SMILES string of the molecule is Cc1ccc(-c2csc3ncn(CC(=O)N4C[C@H](C)O[C@@H](C)C4)c(=O)c23)cc1C. The molecule has 29 heavy (non-hydrogen) atoms.